The van der Waals surface area contributed by atoms with Crippen LogP contribution in [0.1, 0.15) is 6.85 Å². The molecule has 0 spiro atoms. The molecular formula is C12H9BO2. The molecule has 0 N–H and O–H groups in total. The van der Waals surface area contributed by atoms with Crippen molar-refractivity contribution in [2.75, 3.05) is 0 Å². The zero-order valence-electron chi connectivity index (χ0n) is 12.7. The maximum Gasteiger partial charge on any atom is 0.494 e. The molecule has 1 fully saturated rings. The third-order valence-corrected chi connectivity index (χ3v) is 1.97. The highest BCUT2D eigenvalue weighted by Crippen LogP contribution is 2.35. The van der Waals surface area contributed by atoms with Crippen LogP contribution in [-0.4, -0.2) is 18.3 Å². The summed E-state index contributed by atoms with van der Waals surface area (Å²) >= 11 is 0. The summed E-state index contributed by atoms with van der Waals surface area (Å²) in [6.07, 6.45) is 0. The minimum absolute atomic E-state index is 0.269. The molecule has 0 saturated carbocycles. The van der Waals surface area contributed by atoms with E-state index in [1.54, 1.807) is 0 Å². The molecule has 0 unspecified atom stereocenters. The van der Waals surface area contributed by atoms with Gasteiger partial charge >= 0.3 is 7.12 Å². The molecule has 2 rings (SSSR count). The van der Waals surface area contributed by atoms with Gasteiger partial charge in [0.15, 0.2) is 0 Å². The number of rotatable bonds is 1. The lowest BCUT2D eigenvalue weighted by Gasteiger charge is -2.30. The Morgan fingerprint density at radius 3 is 1.93 bits per heavy atom. The first kappa shape index (κ1) is 6.07. The molecule has 1 heterocycles. The quantitative estimate of drug-likeness (QED) is 0.624. The molecule has 2 nitrogen and oxygen atoms in total. The topological polar surface area (TPSA) is 18.5 Å². The third kappa shape index (κ3) is 1.82. The van der Waals surface area contributed by atoms with Gasteiger partial charge in [-0.1, -0.05) is 30.2 Å². The largest absolute Gasteiger partial charge is 0.494 e. The van der Waals surface area contributed by atoms with Gasteiger partial charge in [0.05, 0.1) is 18.1 Å². The average molecular weight is 201 g/mol. The molecule has 1 aromatic rings. The molecule has 0 aliphatic carbocycles. The molecule has 72 valence electrons. The summed E-state index contributed by atoms with van der Waals surface area (Å²) in [5.74, 6) is 0. The van der Waals surface area contributed by atoms with Gasteiger partial charge < -0.3 is 9.31 Å². The Bertz CT molecular complexity index is 528. The second-order valence-electron chi connectivity index (χ2n) is 3.19. The highest BCUT2D eigenvalue weighted by atomic mass is 16.7. The van der Waals surface area contributed by atoms with E-state index < -0.39 is 48.5 Å². The normalized spacial score (nSPS) is 27.7. The first-order chi connectivity index (χ1) is 8.99. The number of hydrogen-bond donors (Lipinski definition) is 0. The van der Waals surface area contributed by atoms with Gasteiger partial charge in [-0.2, -0.15) is 0 Å². The Morgan fingerprint density at radius 2 is 1.47 bits per heavy atom. The molecule has 1 aliphatic rings. The van der Waals surface area contributed by atoms with Crippen molar-refractivity contribution in [3.05, 3.63) is 57.9 Å². The van der Waals surface area contributed by atoms with Crippen LogP contribution in [0.5, 0.6) is 0 Å². The zero-order chi connectivity index (χ0) is 15.5. The van der Waals surface area contributed by atoms with E-state index in [0.717, 1.165) is 0 Å². The summed E-state index contributed by atoms with van der Waals surface area (Å²) in [5, 5.41) is 0. The monoisotopic (exact) mass is 201 g/mol. The predicted molar refractivity (Wildman–Crippen MR) is 56.7 cm³/mol. The van der Waals surface area contributed by atoms with Crippen LogP contribution in [-0.2, 0) is 9.31 Å². The summed E-state index contributed by atoms with van der Waals surface area (Å²) in [6, 6.07) is -2.64. The standard InChI is InChI=1S/C12H9BO2/c1-11(2)12(3,4)15-13(14-11)10-8-6-5-7-9-10/h1-9H/i5D,6D,7D,8D,9D. The molecule has 3 heteroatoms. The van der Waals surface area contributed by atoms with Crippen molar-refractivity contribution >= 4 is 12.6 Å². The predicted octanol–water partition coefficient (Wildman–Crippen LogP) is 0.751. The summed E-state index contributed by atoms with van der Waals surface area (Å²) in [7, 11) is -1.46. The molecule has 0 bridgehead atoms. The van der Waals surface area contributed by atoms with E-state index in [2.05, 4.69) is 0 Å². The number of benzene rings is 1. The number of hydrogen-bond acceptors (Lipinski definition) is 2. The fraction of sp³-hybridized carbons (Fsp3) is 0.167. The van der Waals surface area contributed by atoms with Crippen LogP contribution in [0, 0.1) is 27.7 Å². The van der Waals surface area contributed by atoms with Crippen LogP contribution < -0.4 is 5.46 Å². The highest BCUT2D eigenvalue weighted by Gasteiger charge is 2.52. The fourth-order valence-electron chi connectivity index (χ4n) is 1.06. The van der Waals surface area contributed by atoms with Gasteiger partial charge in [0.1, 0.15) is 0 Å². The van der Waals surface area contributed by atoms with Gasteiger partial charge in [0.2, 0.25) is 0 Å². The molecule has 0 atom stereocenters. The van der Waals surface area contributed by atoms with Crippen molar-refractivity contribution in [3.8, 4) is 0 Å². The Balaban J connectivity index is 2.57. The van der Waals surface area contributed by atoms with E-state index in [0.29, 0.717) is 0 Å². The van der Waals surface area contributed by atoms with E-state index in [9.17, 15) is 0 Å². The van der Waals surface area contributed by atoms with Gasteiger partial charge in [-0.3, -0.25) is 0 Å². The third-order valence-electron chi connectivity index (χ3n) is 1.97. The summed E-state index contributed by atoms with van der Waals surface area (Å²) < 4.78 is 48.3. The summed E-state index contributed by atoms with van der Waals surface area (Å²) in [6.45, 7) is 22.1. The molecule has 15 heavy (non-hydrogen) atoms. The minimum Gasteiger partial charge on any atom is -0.398 e. The van der Waals surface area contributed by atoms with Crippen LogP contribution in [0.25, 0.3) is 0 Å². The SMILES string of the molecule is [2H]c1c([2H])c([2H])c(B2OC([CH])([CH])C([CH])([CH])O2)c([2H])c1[2H]. The van der Waals surface area contributed by atoms with E-state index in [1.165, 1.54) is 0 Å². The van der Waals surface area contributed by atoms with E-state index in [4.69, 9.17) is 43.9 Å². The molecule has 0 amide bonds. The van der Waals surface area contributed by atoms with E-state index in [-0.39, 0.29) is 5.46 Å². The lowest BCUT2D eigenvalue weighted by atomic mass is 9.79. The van der Waals surface area contributed by atoms with Gasteiger partial charge in [0.25, 0.3) is 0 Å². The Hall–Kier alpha value is -0.795. The Labute approximate surface area is 98.8 Å². The van der Waals surface area contributed by atoms with Crippen molar-refractivity contribution in [1.29, 1.82) is 0 Å². The summed E-state index contributed by atoms with van der Waals surface area (Å²) in [4.78, 5) is 0. The van der Waals surface area contributed by atoms with Crippen molar-refractivity contribution in [2.45, 2.75) is 11.2 Å². The fourth-order valence-corrected chi connectivity index (χ4v) is 1.06. The molecule has 1 saturated heterocycles. The van der Waals surface area contributed by atoms with Crippen molar-refractivity contribution < 1.29 is 16.2 Å². The molecule has 8 radical (unpaired) electrons. The lowest BCUT2D eigenvalue weighted by molar-refractivity contribution is 0.0917. The van der Waals surface area contributed by atoms with E-state index >= 15 is 0 Å². The van der Waals surface area contributed by atoms with Gasteiger partial charge in [0, 0.05) is 27.7 Å². The molecular weight excluding hydrogens is 187 g/mol. The van der Waals surface area contributed by atoms with Crippen LogP contribution in [0.4, 0.5) is 0 Å². The zero-order valence-corrected chi connectivity index (χ0v) is 7.70. The van der Waals surface area contributed by atoms with Crippen LogP contribution in [0.15, 0.2) is 30.2 Å². The van der Waals surface area contributed by atoms with E-state index in [1.807, 2.05) is 0 Å². The smallest absolute Gasteiger partial charge is 0.398 e. The van der Waals surface area contributed by atoms with Gasteiger partial charge in [-0.25, -0.2) is 0 Å². The van der Waals surface area contributed by atoms with Crippen LogP contribution in [0.3, 0.4) is 0 Å². The van der Waals surface area contributed by atoms with Crippen molar-refractivity contribution in [1.82, 2.24) is 0 Å². The first-order valence-electron chi connectivity index (χ1n) is 6.57. The second-order valence-corrected chi connectivity index (χ2v) is 3.19. The molecule has 1 aromatic carbocycles. The average Bonchev–Trinajstić information content (AvgIpc) is 2.53. The summed E-state index contributed by atoms with van der Waals surface area (Å²) in [5.41, 5.74) is -4.41. The lowest BCUT2D eigenvalue weighted by Crippen LogP contribution is -2.43. The second kappa shape index (κ2) is 3.36. The maximum atomic E-state index is 7.76. The highest BCUT2D eigenvalue weighted by molar-refractivity contribution is 6.62. The van der Waals surface area contributed by atoms with Crippen LogP contribution in [0.2, 0.25) is 0 Å². The van der Waals surface area contributed by atoms with Gasteiger partial charge in [-0.15, -0.1) is 0 Å². The first-order valence-corrected chi connectivity index (χ1v) is 4.07. The van der Waals surface area contributed by atoms with Crippen molar-refractivity contribution in [2.24, 2.45) is 0 Å². The Kier molecular flexibility index (Phi) is 1.36. The van der Waals surface area contributed by atoms with Gasteiger partial charge in [-0.05, 0) is 5.46 Å². The minimum atomic E-state index is -2.07. The maximum absolute atomic E-state index is 7.76. The Morgan fingerprint density at radius 1 is 1.00 bits per heavy atom. The van der Waals surface area contributed by atoms with Crippen LogP contribution >= 0.6 is 0 Å². The van der Waals surface area contributed by atoms with Crippen molar-refractivity contribution in [3.63, 3.8) is 0 Å². The molecule has 0 aromatic heterocycles. The molecule has 1 aliphatic heterocycles.